The first-order valence-corrected chi connectivity index (χ1v) is 6.35. The molecule has 1 heterocycles. The molecule has 0 aliphatic heterocycles. The van der Waals surface area contributed by atoms with Crippen molar-refractivity contribution in [2.45, 2.75) is 19.4 Å². The monoisotopic (exact) mass is 275 g/mol. The van der Waals surface area contributed by atoms with Gasteiger partial charge in [0.15, 0.2) is 11.6 Å². The van der Waals surface area contributed by atoms with Crippen LogP contribution in [0.25, 0.3) is 0 Å². The summed E-state index contributed by atoms with van der Waals surface area (Å²) >= 11 is 0. The Labute approximate surface area is 117 Å². The summed E-state index contributed by atoms with van der Waals surface area (Å²) in [7, 11) is 1.45. The van der Waals surface area contributed by atoms with Crippen LogP contribution < -0.4 is 16.0 Å². The number of halogens is 1. The minimum atomic E-state index is -0.345. The maximum atomic E-state index is 14.2. The van der Waals surface area contributed by atoms with Crippen LogP contribution in [0.15, 0.2) is 36.7 Å². The zero-order valence-corrected chi connectivity index (χ0v) is 11.6. The SMILES string of the molecule is COc1cccc(CC(NN)c2ccncc2C)c1F. The van der Waals surface area contributed by atoms with Crippen molar-refractivity contribution < 1.29 is 9.13 Å². The molecule has 106 valence electrons. The average molecular weight is 275 g/mol. The van der Waals surface area contributed by atoms with Gasteiger partial charge in [-0.3, -0.25) is 16.3 Å². The van der Waals surface area contributed by atoms with Gasteiger partial charge in [-0.1, -0.05) is 12.1 Å². The maximum Gasteiger partial charge on any atom is 0.168 e. The quantitative estimate of drug-likeness (QED) is 0.649. The highest BCUT2D eigenvalue weighted by Crippen LogP contribution is 2.25. The third-order valence-corrected chi connectivity index (χ3v) is 3.33. The molecule has 0 amide bonds. The van der Waals surface area contributed by atoms with Crippen LogP contribution in [0.4, 0.5) is 4.39 Å². The molecule has 4 nitrogen and oxygen atoms in total. The summed E-state index contributed by atoms with van der Waals surface area (Å²) in [5.74, 6) is 5.51. The van der Waals surface area contributed by atoms with Crippen LogP contribution in [-0.2, 0) is 6.42 Å². The molecule has 2 rings (SSSR count). The number of hydrogen-bond acceptors (Lipinski definition) is 4. The predicted octanol–water partition coefficient (Wildman–Crippen LogP) is 2.28. The number of hydrazine groups is 1. The number of pyridine rings is 1. The standard InChI is InChI=1S/C15H18FN3O/c1-10-9-18-7-6-12(10)13(19-17)8-11-4-3-5-14(20-2)15(11)16/h3-7,9,13,19H,8,17H2,1-2H3. The molecule has 1 aromatic heterocycles. The second-order valence-electron chi connectivity index (χ2n) is 4.59. The lowest BCUT2D eigenvalue weighted by molar-refractivity contribution is 0.382. The van der Waals surface area contributed by atoms with Crippen molar-refractivity contribution in [3.05, 3.63) is 59.2 Å². The first-order valence-electron chi connectivity index (χ1n) is 6.35. The molecule has 2 aromatic rings. The second kappa shape index (κ2) is 6.45. The van der Waals surface area contributed by atoms with Crippen molar-refractivity contribution in [1.82, 2.24) is 10.4 Å². The summed E-state index contributed by atoms with van der Waals surface area (Å²) in [5.41, 5.74) is 5.31. The minimum Gasteiger partial charge on any atom is -0.494 e. The van der Waals surface area contributed by atoms with Crippen LogP contribution in [-0.4, -0.2) is 12.1 Å². The van der Waals surface area contributed by atoms with E-state index in [1.54, 1.807) is 30.6 Å². The summed E-state index contributed by atoms with van der Waals surface area (Å²) < 4.78 is 19.2. The number of rotatable bonds is 5. The first-order chi connectivity index (χ1) is 9.67. The van der Waals surface area contributed by atoms with Gasteiger partial charge in [-0.2, -0.15) is 0 Å². The smallest absolute Gasteiger partial charge is 0.168 e. The number of ether oxygens (including phenoxy) is 1. The summed E-state index contributed by atoms with van der Waals surface area (Å²) in [5, 5.41) is 0. The largest absolute Gasteiger partial charge is 0.494 e. The number of aryl methyl sites for hydroxylation is 1. The van der Waals surface area contributed by atoms with Crippen molar-refractivity contribution in [2.75, 3.05) is 7.11 Å². The molecule has 1 atom stereocenters. The van der Waals surface area contributed by atoms with Crippen molar-refractivity contribution in [2.24, 2.45) is 5.84 Å². The van der Waals surface area contributed by atoms with Crippen LogP contribution in [0.3, 0.4) is 0 Å². The molecular formula is C15H18FN3O. The van der Waals surface area contributed by atoms with Crippen molar-refractivity contribution >= 4 is 0 Å². The van der Waals surface area contributed by atoms with Gasteiger partial charge in [-0.15, -0.1) is 0 Å². The van der Waals surface area contributed by atoms with E-state index in [9.17, 15) is 4.39 Å². The van der Waals surface area contributed by atoms with E-state index in [1.807, 2.05) is 13.0 Å². The Hall–Kier alpha value is -1.98. The van der Waals surface area contributed by atoms with Gasteiger partial charge in [0.05, 0.1) is 13.2 Å². The molecule has 3 N–H and O–H groups in total. The Kier molecular flexibility index (Phi) is 4.65. The summed E-state index contributed by atoms with van der Waals surface area (Å²) in [6.45, 7) is 1.95. The Morgan fingerprint density at radius 1 is 1.40 bits per heavy atom. The highest BCUT2D eigenvalue weighted by atomic mass is 19.1. The Balaban J connectivity index is 2.30. The number of nitrogens with one attached hydrogen (secondary N) is 1. The third-order valence-electron chi connectivity index (χ3n) is 3.33. The second-order valence-corrected chi connectivity index (χ2v) is 4.59. The molecular weight excluding hydrogens is 257 g/mol. The van der Waals surface area contributed by atoms with Gasteiger partial charge in [0.2, 0.25) is 0 Å². The van der Waals surface area contributed by atoms with E-state index in [0.29, 0.717) is 12.0 Å². The molecule has 0 radical (unpaired) electrons. The predicted molar refractivity (Wildman–Crippen MR) is 75.7 cm³/mol. The van der Waals surface area contributed by atoms with Gasteiger partial charge in [0.25, 0.3) is 0 Å². The van der Waals surface area contributed by atoms with Crippen LogP contribution in [0.5, 0.6) is 5.75 Å². The molecule has 1 unspecified atom stereocenters. The molecule has 1 aromatic carbocycles. The molecule has 0 saturated heterocycles. The number of nitrogens with two attached hydrogens (primary N) is 1. The van der Waals surface area contributed by atoms with Gasteiger partial charge in [-0.05, 0) is 42.2 Å². The van der Waals surface area contributed by atoms with Gasteiger partial charge < -0.3 is 4.74 Å². The molecule has 20 heavy (non-hydrogen) atoms. The summed E-state index contributed by atoms with van der Waals surface area (Å²) in [6.07, 6.45) is 3.90. The molecule has 0 aliphatic rings. The molecule has 0 aliphatic carbocycles. The van der Waals surface area contributed by atoms with E-state index < -0.39 is 0 Å². The van der Waals surface area contributed by atoms with Crippen LogP contribution in [0.2, 0.25) is 0 Å². The number of benzene rings is 1. The highest BCUT2D eigenvalue weighted by molar-refractivity contribution is 5.34. The van der Waals surface area contributed by atoms with Gasteiger partial charge in [0, 0.05) is 12.4 Å². The Morgan fingerprint density at radius 2 is 2.20 bits per heavy atom. The molecule has 0 bridgehead atoms. The van der Waals surface area contributed by atoms with Crippen LogP contribution >= 0.6 is 0 Å². The van der Waals surface area contributed by atoms with E-state index in [-0.39, 0.29) is 17.6 Å². The van der Waals surface area contributed by atoms with Crippen molar-refractivity contribution in [3.8, 4) is 5.75 Å². The average Bonchev–Trinajstić information content (AvgIpc) is 2.47. The molecule has 0 spiro atoms. The van der Waals surface area contributed by atoms with E-state index in [0.717, 1.165) is 11.1 Å². The van der Waals surface area contributed by atoms with Crippen LogP contribution in [0, 0.1) is 12.7 Å². The lowest BCUT2D eigenvalue weighted by Gasteiger charge is -2.19. The topological polar surface area (TPSA) is 60.2 Å². The molecule has 0 fully saturated rings. The third kappa shape index (κ3) is 2.95. The maximum absolute atomic E-state index is 14.2. The lowest BCUT2D eigenvalue weighted by Crippen LogP contribution is -2.30. The normalized spacial score (nSPS) is 12.2. The molecule has 5 heteroatoms. The highest BCUT2D eigenvalue weighted by Gasteiger charge is 2.16. The number of methoxy groups -OCH3 is 1. The van der Waals surface area contributed by atoms with Crippen molar-refractivity contribution in [3.63, 3.8) is 0 Å². The fourth-order valence-electron chi connectivity index (χ4n) is 2.23. The molecule has 0 saturated carbocycles. The Bertz CT molecular complexity index is 589. The van der Waals surface area contributed by atoms with E-state index in [1.165, 1.54) is 7.11 Å². The number of hydrogen-bond donors (Lipinski definition) is 2. The zero-order valence-electron chi connectivity index (χ0n) is 11.6. The van der Waals surface area contributed by atoms with E-state index >= 15 is 0 Å². The number of nitrogens with zero attached hydrogens (tertiary/aromatic N) is 1. The van der Waals surface area contributed by atoms with Crippen LogP contribution in [0.1, 0.15) is 22.7 Å². The lowest BCUT2D eigenvalue weighted by atomic mass is 9.97. The fraction of sp³-hybridized carbons (Fsp3) is 0.267. The van der Waals surface area contributed by atoms with E-state index in [2.05, 4.69) is 10.4 Å². The Morgan fingerprint density at radius 3 is 2.85 bits per heavy atom. The van der Waals surface area contributed by atoms with Gasteiger partial charge in [0.1, 0.15) is 0 Å². The first kappa shape index (κ1) is 14.4. The van der Waals surface area contributed by atoms with Gasteiger partial charge >= 0.3 is 0 Å². The van der Waals surface area contributed by atoms with Crippen molar-refractivity contribution in [1.29, 1.82) is 0 Å². The summed E-state index contributed by atoms with van der Waals surface area (Å²) in [4.78, 5) is 4.05. The number of aromatic nitrogens is 1. The summed E-state index contributed by atoms with van der Waals surface area (Å²) in [6, 6.07) is 6.81. The zero-order chi connectivity index (χ0) is 14.5. The minimum absolute atomic E-state index is 0.181. The van der Waals surface area contributed by atoms with E-state index in [4.69, 9.17) is 10.6 Å². The fourth-order valence-corrected chi connectivity index (χ4v) is 2.23. The van der Waals surface area contributed by atoms with Gasteiger partial charge in [-0.25, -0.2) is 4.39 Å².